The van der Waals surface area contributed by atoms with Crippen LogP contribution in [0.15, 0.2) is 30.6 Å². The molecule has 1 saturated heterocycles. The Morgan fingerprint density at radius 1 is 1.00 bits per heavy atom. The van der Waals surface area contributed by atoms with Crippen molar-refractivity contribution in [2.45, 2.75) is 6.92 Å². The zero-order valence-electron chi connectivity index (χ0n) is 14.7. The molecule has 0 unspecified atom stereocenters. The minimum absolute atomic E-state index is 0.0521. The van der Waals surface area contributed by atoms with Gasteiger partial charge >= 0.3 is 0 Å². The molecule has 1 fully saturated rings. The molecule has 0 spiro atoms. The lowest BCUT2D eigenvalue weighted by atomic mass is 10.1. The number of carbonyl (C=O) groups is 1. The number of nitrogens with zero attached hydrogens (tertiary/aromatic N) is 4. The van der Waals surface area contributed by atoms with E-state index in [9.17, 15) is 4.79 Å². The molecular formula is C18H22N4O3. The topological polar surface area (TPSA) is 67.8 Å². The van der Waals surface area contributed by atoms with E-state index in [2.05, 4.69) is 14.9 Å². The van der Waals surface area contributed by atoms with Gasteiger partial charge in [0.15, 0.2) is 0 Å². The minimum Gasteiger partial charge on any atom is -0.496 e. The van der Waals surface area contributed by atoms with Gasteiger partial charge in [-0.1, -0.05) is 0 Å². The molecule has 2 aromatic rings. The molecular weight excluding hydrogens is 320 g/mol. The molecule has 1 aromatic carbocycles. The van der Waals surface area contributed by atoms with E-state index in [0.717, 1.165) is 5.56 Å². The van der Waals surface area contributed by atoms with Crippen molar-refractivity contribution in [3.8, 4) is 11.5 Å². The summed E-state index contributed by atoms with van der Waals surface area (Å²) < 4.78 is 10.7. The molecule has 25 heavy (non-hydrogen) atoms. The molecule has 2 heterocycles. The van der Waals surface area contributed by atoms with Crippen molar-refractivity contribution < 1.29 is 14.3 Å². The molecule has 0 saturated carbocycles. The Morgan fingerprint density at radius 3 is 2.24 bits per heavy atom. The number of hydrogen-bond acceptors (Lipinski definition) is 6. The molecule has 1 aromatic heterocycles. The average molecular weight is 342 g/mol. The highest BCUT2D eigenvalue weighted by Crippen LogP contribution is 2.29. The molecule has 3 rings (SSSR count). The number of benzene rings is 1. The maximum absolute atomic E-state index is 12.9. The van der Waals surface area contributed by atoms with Crippen LogP contribution in [0, 0.1) is 6.92 Å². The van der Waals surface area contributed by atoms with Crippen LogP contribution >= 0.6 is 0 Å². The van der Waals surface area contributed by atoms with Crippen LogP contribution < -0.4 is 14.4 Å². The van der Waals surface area contributed by atoms with E-state index in [0.29, 0.717) is 49.2 Å². The highest BCUT2D eigenvalue weighted by Gasteiger charge is 2.26. The fraction of sp³-hybridized carbons (Fsp3) is 0.389. The second kappa shape index (κ2) is 7.38. The Labute approximate surface area is 147 Å². The van der Waals surface area contributed by atoms with Gasteiger partial charge in [0.2, 0.25) is 5.95 Å². The quantitative estimate of drug-likeness (QED) is 0.843. The predicted octanol–water partition coefficient (Wildman–Crippen LogP) is 1.76. The number of amides is 1. The summed E-state index contributed by atoms with van der Waals surface area (Å²) in [5.74, 6) is 1.89. The van der Waals surface area contributed by atoms with E-state index < -0.39 is 0 Å². The van der Waals surface area contributed by atoms with Gasteiger partial charge in [-0.25, -0.2) is 9.97 Å². The van der Waals surface area contributed by atoms with Crippen molar-refractivity contribution in [2.75, 3.05) is 45.3 Å². The van der Waals surface area contributed by atoms with Crippen LogP contribution in [0.2, 0.25) is 0 Å². The molecule has 1 aliphatic heterocycles. The predicted molar refractivity (Wildman–Crippen MR) is 94.4 cm³/mol. The molecule has 0 aliphatic carbocycles. The van der Waals surface area contributed by atoms with Gasteiger partial charge in [-0.05, 0) is 30.7 Å². The van der Waals surface area contributed by atoms with Gasteiger partial charge in [-0.15, -0.1) is 0 Å². The largest absolute Gasteiger partial charge is 0.496 e. The Bertz CT molecular complexity index is 743. The second-order valence-electron chi connectivity index (χ2n) is 5.85. The lowest BCUT2D eigenvalue weighted by molar-refractivity contribution is 0.0742. The van der Waals surface area contributed by atoms with Crippen molar-refractivity contribution in [1.29, 1.82) is 0 Å². The number of anilines is 1. The second-order valence-corrected chi connectivity index (χ2v) is 5.85. The summed E-state index contributed by atoms with van der Waals surface area (Å²) in [5, 5.41) is 0. The van der Waals surface area contributed by atoms with Gasteiger partial charge in [0, 0.05) is 38.6 Å². The first-order valence-corrected chi connectivity index (χ1v) is 8.18. The number of carbonyl (C=O) groups excluding carboxylic acids is 1. The number of hydrogen-bond donors (Lipinski definition) is 0. The fourth-order valence-electron chi connectivity index (χ4n) is 2.95. The number of aromatic nitrogens is 2. The van der Waals surface area contributed by atoms with Crippen LogP contribution in [-0.2, 0) is 0 Å². The van der Waals surface area contributed by atoms with E-state index in [1.54, 1.807) is 38.7 Å². The maximum atomic E-state index is 12.9. The lowest BCUT2D eigenvalue weighted by Crippen LogP contribution is -2.49. The van der Waals surface area contributed by atoms with Gasteiger partial charge in [-0.3, -0.25) is 4.79 Å². The Hall–Kier alpha value is -2.83. The first-order valence-electron chi connectivity index (χ1n) is 8.18. The van der Waals surface area contributed by atoms with Crippen molar-refractivity contribution >= 4 is 11.9 Å². The first kappa shape index (κ1) is 17.0. The maximum Gasteiger partial charge on any atom is 0.257 e. The molecule has 0 atom stereocenters. The normalized spacial score (nSPS) is 14.4. The highest BCUT2D eigenvalue weighted by atomic mass is 16.5. The standard InChI is InChI=1S/C18H22N4O3/c1-13-11-16(25-3)14(12-15(13)24-2)17(23)21-7-9-22(10-8-21)18-19-5-4-6-20-18/h4-6,11-12H,7-10H2,1-3H3. The van der Waals surface area contributed by atoms with E-state index >= 15 is 0 Å². The highest BCUT2D eigenvalue weighted by molar-refractivity contribution is 5.97. The number of methoxy groups -OCH3 is 2. The third-order valence-electron chi connectivity index (χ3n) is 4.35. The molecule has 7 nitrogen and oxygen atoms in total. The van der Waals surface area contributed by atoms with Crippen LogP contribution in [0.3, 0.4) is 0 Å². The summed E-state index contributed by atoms with van der Waals surface area (Å²) in [4.78, 5) is 25.4. The molecule has 0 bridgehead atoms. The van der Waals surface area contributed by atoms with Crippen LogP contribution in [0.5, 0.6) is 11.5 Å². The molecule has 0 N–H and O–H groups in total. The van der Waals surface area contributed by atoms with Gasteiger partial charge in [-0.2, -0.15) is 0 Å². The average Bonchev–Trinajstić information content (AvgIpc) is 2.68. The summed E-state index contributed by atoms with van der Waals surface area (Å²) in [6, 6.07) is 5.38. The van der Waals surface area contributed by atoms with Gasteiger partial charge in [0.1, 0.15) is 11.5 Å². The van der Waals surface area contributed by atoms with E-state index in [1.807, 2.05) is 17.9 Å². The summed E-state index contributed by atoms with van der Waals surface area (Å²) >= 11 is 0. The monoisotopic (exact) mass is 342 g/mol. The molecule has 1 aliphatic rings. The fourth-order valence-corrected chi connectivity index (χ4v) is 2.95. The van der Waals surface area contributed by atoms with E-state index in [1.165, 1.54) is 0 Å². The zero-order chi connectivity index (χ0) is 17.8. The molecule has 7 heteroatoms. The third kappa shape index (κ3) is 3.50. The van der Waals surface area contributed by atoms with Gasteiger partial charge in [0.05, 0.1) is 19.8 Å². The lowest BCUT2D eigenvalue weighted by Gasteiger charge is -2.35. The Balaban J connectivity index is 1.74. The van der Waals surface area contributed by atoms with E-state index in [4.69, 9.17) is 9.47 Å². The van der Waals surface area contributed by atoms with Crippen LogP contribution in [0.4, 0.5) is 5.95 Å². The summed E-state index contributed by atoms with van der Waals surface area (Å²) in [7, 11) is 3.17. The minimum atomic E-state index is -0.0521. The third-order valence-corrected chi connectivity index (χ3v) is 4.35. The number of rotatable bonds is 4. The van der Waals surface area contributed by atoms with Crippen molar-refractivity contribution in [3.05, 3.63) is 41.7 Å². The van der Waals surface area contributed by atoms with Crippen LogP contribution in [0.1, 0.15) is 15.9 Å². The van der Waals surface area contributed by atoms with Crippen LogP contribution in [0.25, 0.3) is 0 Å². The number of piperazine rings is 1. The summed E-state index contributed by atoms with van der Waals surface area (Å²) in [6.07, 6.45) is 3.45. The van der Waals surface area contributed by atoms with Crippen LogP contribution in [-0.4, -0.2) is 61.2 Å². The number of aryl methyl sites for hydroxylation is 1. The molecule has 132 valence electrons. The van der Waals surface area contributed by atoms with Gasteiger partial charge in [0.25, 0.3) is 5.91 Å². The SMILES string of the molecule is COc1cc(C(=O)N2CCN(c3ncccn3)CC2)c(OC)cc1C. The number of ether oxygens (including phenoxy) is 2. The molecule has 1 amide bonds. The van der Waals surface area contributed by atoms with Crippen molar-refractivity contribution in [2.24, 2.45) is 0 Å². The zero-order valence-corrected chi connectivity index (χ0v) is 14.7. The summed E-state index contributed by atoms with van der Waals surface area (Å²) in [5.41, 5.74) is 1.45. The smallest absolute Gasteiger partial charge is 0.257 e. The van der Waals surface area contributed by atoms with E-state index in [-0.39, 0.29) is 5.91 Å². The Morgan fingerprint density at radius 2 is 1.64 bits per heavy atom. The van der Waals surface area contributed by atoms with Gasteiger partial charge < -0.3 is 19.3 Å². The molecule has 0 radical (unpaired) electrons. The summed E-state index contributed by atoms with van der Waals surface area (Å²) in [6.45, 7) is 4.53. The first-order chi connectivity index (χ1) is 12.1. The van der Waals surface area contributed by atoms with Crippen molar-refractivity contribution in [1.82, 2.24) is 14.9 Å². The van der Waals surface area contributed by atoms with Crippen molar-refractivity contribution in [3.63, 3.8) is 0 Å². The Kier molecular flexibility index (Phi) is 5.02.